The van der Waals surface area contributed by atoms with Crippen LogP contribution >= 0.6 is 11.6 Å². The van der Waals surface area contributed by atoms with Crippen molar-refractivity contribution in [3.05, 3.63) is 35.4 Å². The molecule has 0 heterocycles. The van der Waals surface area contributed by atoms with Crippen LogP contribution in [0.4, 0.5) is 0 Å². The summed E-state index contributed by atoms with van der Waals surface area (Å²) in [5.74, 6) is 0. The van der Waals surface area contributed by atoms with Crippen molar-refractivity contribution >= 4 is 21.6 Å². The van der Waals surface area contributed by atoms with E-state index >= 15 is 0 Å². The van der Waals surface area contributed by atoms with Gasteiger partial charge < -0.3 is 0 Å². The van der Waals surface area contributed by atoms with Crippen molar-refractivity contribution in [2.24, 2.45) is 0 Å². The maximum Gasteiger partial charge on any atom is 0.228 e. The Bertz CT molecular complexity index is 480. The van der Waals surface area contributed by atoms with Gasteiger partial charge in [-0.1, -0.05) is 29.8 Å². The van der Waals surface area contributed by atoms with Gasteiger partial charge in [0.1, 0.15) is 5.21 Å². The van der Waals surface area contributed by atoms with Crippen LogP contribution in [-0.2, 0) is 16.6 Å². The number of halogens is 1. The van der Waals surface area contributed by atoms with Crippen LogP contribution < -0.4 is 0 Å². The topological polar surface area (TPSA) is 37.4 Å². The Morgan fingerprint density at radius 2 is 1.88 bits per heavy atom. The Balaban J connectivity index is 2.16. The lowest BCUT2D eigenvalue weighted by atomic mass is 10.1. The van der Waals surface area contributed by atoms with E-state index in [1.54, 1.807) is 0 Å². The maximum absolute atomic E-state index is 11.8. The minimum atomic E-state index is -3.31. The molecule has 2 rings (SSSR count). The molecule has 94 valence electrons. The van der Waals surface area contributed by atoms with Crippen molar-refractivity contribution in [2.45, 2.75) is 32.4 Å². The summed E-state index contributed by atoms with van der Waals surface area (Å²) in [4.78, 5) is 0. The Kier molecular flexibility index (Phi) is 3.76. The van der Waals surface area contributed by atoms with E-state index in [-0.39, 0.29) is 11.3 Å². The second-order valence-corrected chi connectivity index (χ2v) is 6.99. The number of hydrogen-bond donors (Lipinski definition) is 0. The number of nitrogens with zero attached hydrogens (tertiary/aromatic N) is 1. The van der Waals surface area contributed by atoms with Gasteiger partial charge in [0.25, 0.3) is 0 Å². The number of rotatable bonds is 5. The van der Waals surface area contributed by atoms with Crippen LogP contribution in [0.15, 0.2) is 24.3 Å². The summed E-state index contributed by atoms with van der Waals surface area (Å²) in [6.45, 7) is 2.44. The summed E-state index contributed by atoms with van der Waals surface area (Å²) >= 11 is 5.52. The number of sulfonamides is 1. The number of alkyl halides is 1. The van der Waals surface area contributed by atoms with E-state index in [0.29, 0.717) is 6.54 Å². The van der Waals surface area contributed by atoms with Gasteiger partial charge in [0, 0.05) is 12.6 Å². The Morgan fingerprint density at radius 1 is 1.29 bits per heavy atom. The first-order valence-corrected chi connectivity index (χ1v) is 7.78. The molecule has 1 aliphatic rings. The third-order valence-electron chi connectivity index (χ3n) is 2.91. The van der Waals surface area contributed by atoms with Crippen LogP contribution in [0.2, 0.25) is 0 Å². The normalized spacial score (nSPS) is 16.4. The first-order chi connectivity index (χ1) is 8.03. The highest BCUT2D eigenvalue weighted by Gasteiger charge is 2.36. The first-order valence-electron chi connectivity index (χ1n) is 5.64. The molecule has 5 heteroatoms. The Morgan fingerprint density at radius 3 is 2.35 bits per heavy atom. The zero-order chi connectivity index (χ0) is 12.5. The van der Waals surface area contributed by atoms with Crippen molar-refractivity contribution in [3.8, 4) is 0 Å². The lowest BCUT2D eigenvalue weighted by molar-refractivity contribution is 0.401. The zero-order valence-corrected chi connectivity index (χ0v) is 11.3. The summed E-state index contributed by atoms with van der Waals surface area (Å²) in [6.07, 6.45) is 1.89. The molecule has 0 aliphatic heterocycles. The van der Waals surface area contributed by atoms with Gasteiger partial charge >= 0.3 is 0 Å². The fraction of sp³-hybridized carbons (Fsp3) is 0.500. The van der Waals surface area contributed by atoms with Crippen molar-refractivity contribution in [1.29, 1.82) is 0 Å². The minimum Gasteiger partial charge on any atom is -0.211 e. The van der Waals surface area contributed by atoms with E-state index in [0.717, 1.165) is 18.4 Å². The molecule has 17 heavy (non-hydrogen) atoms. The molecule has 1 aliphatic carbocycles. The fourth-order valence-electron chi connectivity index (χ4n) is 1.75. The van der Waals surface area contributed by atoms with Crippen molar-refractivity contribution in [1.82, 2.24) is 4.31 Å². The summed E-state index contributed by atoms with van der Waals surface area (Å²) < 4.78 is 25.2. The Hall–Kier alpha value is -0.580. The molecule has 1 aromatic carbocycles. The minimum absolute atomic E-state index is 0.153. The van der Waals surface area contributed by atoms with E-state index in [1.807, 2.05) is 31.2 Å². The molecule has 0 N–H and O–H groups in total. The van der Waals surface area contributed by atoms with Crippen molar-refractivity contribution < 1.29 is 8.42 Å². The highest BCUT2D eigenvalue weighted by atomic mass is 35.5. The van der Waals surface area contributed by atoms with Gasteiger partial charge in [-0.15, -0.1) is 11.6 Å². The monoisotopic (exact) mass is 273 g/mol. The second kappa shape index (κ2) is 4.96. The first kappa shape index (κ1) is 12.9. The molecule has 0 atom stereocenters. The molecule has 0 bridgehead atoms. The van der Waals surface area contributed by atoms with Gasteiger partial charge in [-0.2, -0.15) is 4.31 Å². The summed E-state index contributed by atoms with van der Waals surface area (Å²) in [7, 11) is -3.31. The highest BCUT2D eigenvalue weighted by Crippen LogP contribution is 2.31. The average molecular weight is 274 g/mol. The fourth-order valence-corrected chi connectivity index (χ4v) is 3.27. The van der Waals surface area contributed by atoms with E-state index < -0.39 is 10.0 Å². The average Bonchev–Trinajstić information content (AvgIpc) is 3.12. The lowest BCUT2D eigenvalue weighted by Crippen LogP contribution is -2.33. The smallest absolute Gasteiger partial charge is 0.211 e. The predicted octanol–water partition coefficient (Wildman–Crippen LogP) is 2.49. The van der Waals surface area contributed by atoms with Gasteiger partial charge in [-0.25, -0.2) is 8.42 Å². The standard InChI is InChI=1S/C12H16ClNO2S/c1-10-2-4-11(5-3-10)8-14(12-6-7-12)17(15,16)9-13/h2-5,12H,6-9H2,1H3. The summed E-state index contributed by atoms with van der Waals surface area (Å²) in [5, 5.41) is -0.338. The van der Waals surface area contributed by atoms with E-state index in [9.17, 15) is 8.42 Å². The van der Waals surface area contributed by atoms with Gasteiger partial charge in [-0.05, 0) is 25.3 Å². The number of aryl methyl sites for hydroxylation is 1. The van der Waals surface area contributed by atoms with Crippen molar-refractivity contribution in [3.63, 3.8) is 0 Å². The maximum atomic E-state index is 11.8. The van der Waals surface area contributed by atoms with Gasteiger partial charge in [0.2, 0.25) is 10.0 Å². The van der Waals surface area contributed by atoms with E-state index in [2.05, 4.69) is 0 Å². The molecule has 3 nitrogen and oxygen atoms in total. The molecule has 1 fully saturated rings. The number of benzene rings is 1. The van der Waals surface area contributed by atoms with Crippen LogP contribution in [-0.4, -0.2) is 24.0 Å². The number of hydrogen-bond acceptors (Lipinski definition) is 2. The SMILES string of the molecule is Cc1ccc(CN(C2CC2)S(=O)(=O)CCl)cc1. The zero-order valence-electron chi connectivity index (χ0n) is 9.77. The third-order valence-corrected chi connectivity index (χ3v) is 5.15. The van der Waals surface area contributed by atoms with Crippen LogP contribution in [0.3, 0.4) is 0 Å². The largest absolute Gasteiger partial charge is 0.228 e. The molecule has 0 unspecified atom stereocenters. The molecule has 1 aromatic rings. The van der Waals surface area contributed by atoms with Crippen LogP contribution in [0.5, 0.6) is 0 Å². The molecule has 0 amide bonds. The summed E-state index contributed by atoms with van der Waals surface area (Å²) in [6, 6.07) is 8.07. The quantitative estimate of drug-likeness (QED) is 0.773. The van der Waals surface area contributed by atoms with Crippen LogP contribution in [0.25, 0.3) is 0 Å². The van der Waals surface area contributed by atoms with Gasteiger partial charge in [-0.3, -0.25) is 0 Å². The molecular formula is C12H16ClNO2S. The van der Waals surface area contributed by atoms with E-state index in [1.165, 1.54) is 9.87 Å². The molecule has 1 saturated carbocycles. The molecule has 0 saturated heterocycles. The summed E-state index contributed by atoms with van der Waals surface area (Å²) in [5.41, 5.74) is 2.18. The van der Waals surface area contributed by atoms with Gasteiger partial charge in [0.05, 0.1) is 0 Å². The lowest BCUT2D eigenvalue weighted by Gasteiger charge is -2.20. The predicted molar refractivity (Wildman–Crippen MR) is 69.4 cm³/mol. The van der Waals surface area contributed by atoms with Crippen LogP contribution in [0.1, 0.15) is 24.0 Å². The molecule has 0 spiro atoms. The van der Waals surface area contributed by atoms with Crippen LogP contribution in [0, 0.1) is 6.92 Å². The van der Waals surface area contributed by atoms with E-state index in [4.69, 9.17) is 11.6 Å². The second-order valence-electron chi connectivity index (χ2n) is 4.48. The third kappa shape index (κ3) is 3.21. The Labute approximate surface area is 107 Å². The van der Waals surface area contributed by atoms with Crippen molar-refractivity contribution in [2.75, 3.05) is 5.21 Å². The molecular weight excluding hydrogens is 258 g/mol. The molecule has 0 aromatic heterocycles. The van der Waals surface area contributed by atoms with Gasteiger partial charge in [0.15, 0.2) is 0 Å². The highest BCUT2D eigenvalue weighted by molar-refractivity contribution is 7.90. The molecule has 0 radical (unpaired) electrons.